The maximum Gasteiger partial charge on any atom is 0.320 e. The first-order valence-electron chi connectivity index (χ1n) is 9.10. The van der Waals surface area contributed by atoms with Gasteiger partial charge in [0.25, 0.3) is 0 Å². The van der Waals surface area contributed by atoms with Crippen LogP contribution in [0.25, 0.3) is 0 Å². The van der Waals surface area contributed by atoms with Crippen LogP contribution in [0.1, 0.15) is 12.2 Å². The first-order valence-corrected chi connectivity index (χ1v) is 9.10. The Morgan fingerprint density at radius 3 is 2.85 bits per heavy atom. The highest BCUT2D eigenvalue weighted by molar-refractivity contribution is 5.88. The number of hydrogen-bond acceptors (Lipinski definition) is 4. The maximum absolute atomic E-state index is 12.2. The van der Waals surface area contributed by atoms with Gasteiger partial charge in [-0.3, -0.25) is 5.32 Å². The van der Waals surface area contributed by atoms with E-state index < -0.39 is 0 Å². The zero-order valence-corrected chi connectivity index (χ0v) is 14.9. The Morgan fingerprint density at radius 1 is 1.11 bits per heavy atom. The molecule has 138 valence electrons. The van der Waals surface area contributed by atoms with Crippen LogP contribution in [0.4, 0.5) is 22.1 Å². The summed E-state index contributed by atoms with van der Waals surface area (Å²) in [6, 6.07) is 15.0. The SMILES string of the molecule is O=C(NCC1CCn2ccnc2C1)Nc1cccc(Nc2ccccc2)n1. The number of carbonyl (C=O) groups is 1. The molecule has 3 heterocycles. The molecule has 3 N–H and O–H groups in total. The molecule has 0 fully saturated rings. The Labute approximate surface area is 157 Å². The molecule has 1 aliphatic heterocycles. The van der Waals surface area contributed by atoms with Gasteiger partial charge < -0.3 is 15.2 Å². The van der Waals surface area contributed by atoms with Crippen molar-refractivity contribution in [2.45, 2.75) is 19.4 Å². The summed E-state index contributed by atoms with van der Waals surface area (Å²) in [5, 5.41) is 8.96. The number of aryl methyl sites for hydroxylation is 1. The minimum absolute atomic E-state index is 0.242. The molecule has 7 heteroatoms. The highest BCUT2D eigenvalue weighted by Gasteiger charge is 2.19. The van der Waals surface area contributed by atoms with Gasteiger partial charge in [-0.1, -0.05) is 24.3 Å². The zero-order chi connectivity index (χ0) is 18.5. The quantitative estimate of drug-likeness (QED) is 0.649. The lowest BCUT2D eigenvalue weighted by molar-refractivity contribution is 0.248. The third-order valence-corrected chi connectivity index (χ3v) is 4.64. The van der Waals surface area contributed by atoms with Gasteiger partial charge in [-0.2, -0.15) is 0 Å². The van der Waals surface area contributed by atoms with Crippen LogP contribution in [0.5, 0.6) is 0 Å². The molecular weight excluding hydrogens is 340 g/mol. The number of nitrogens with zero attached hydrogens (tertiary/aromatic N) is 3. The van der Waals surface area contributed by atoms with Crippen molar-refractivity contribution in [3.63, 3.8) is 0 Å². The molecule has 1 aromatic carbocycles. The van der Waals surface area contributed by atoms with Crippen LogP contribution in [0.2, 0.25) is 0 Å². The number of rotatable bonds is 5. The molecule has 0 aliphatic carbocycles. The van der Waals surface area contributed by atoms with Crippen molar-refractivity contribution in [2.24, 2.45) is 5.92 Å². The summed E-state index contributed by atoms with van der Waals surface area (Å²) in [7, 11) is 0. The number of imidazole rings is 1. The van der Waals surface area contributed by atoms with Crippen molar-refractivity contribution >= 4 is 23.4 Å². The number of para-hydroxylation sites is 1. The Morgan fingerprint density at radius 2 is 1.96 bits per heavy atom. The van der Waals surface area contributed by atoms with Gasteiger partial charge in [0.1, 0.15) is 17.5 Å². The smallest absolute Gasteiger partial charge is 0.320 e. The Balaban J connectivity index is 1.29. The van der Waals surface area contributed by atoms with Crippen LogP contribution in [-0.2, 0) is 13.0 Å². The average molecular weight is 362 g/mol. The van der Waals surface area contributed by atoms with Crippen LogP contribution < -0.4 is 16.0 Å². The van der Waals surface area contributed by atoms with Crippen LogP contribution in [0.3, 0.4) is 0 Å². The first-order chi connectivity index (χ1) is 13.3. The third-order valence-electron chi connectivity index (χ3n) is 4.64. The number of anilines is 3. The Hall–Kier alpha value is -3.35. The molecule has 0 radical (unpaired) electrons. The second-order valence-electron chi connectivity index (χ2n) is 6.63. The minimum atomic E-state index is -0.242. The maximum atomic E-state index is 12.2. The van der Waals surface area contributed by atoms with Gasteiger partial charge in [-0.15, -0.1) is 0 Å². The second-order valence-corrected chi connectivity index (χ2v) is 6.63. The highest BCUT2D eigenvalue weighted by Crippen LogP contribution is 2.18. The third kappa shape index (κ3) is 4.44. The first kappa shape index (κ1) is 17.1. The Bertz CT molecular complexity index is 908. The molecule has 27 heavy (non-hydrogen) atoms. The fourth-order valence-electron chi connectivity index (χ4n) is 3.23. The van der Waals surface area contributed by atoms with Crippen LogP contribution in [-0.4, -0.2) is 27.1 Å². The number of fused-ring (bicyclic) bond motifs is 1. The van der Waals surface area contributed by atoms with Crippen LogP contribution >= 0.6 is 0 Å². The summed E-state index contributed by atoms with van der Waals surface area (Å²) >= 11 is 0. The number of carbonyl (C=O) groups excluding carboxylic acids is 1. The molecule has 1 aliphatic rings. The van der Waals surface area contributed by atoms with E-state index in [0.29, 0.717) is 24.1 Å². The number of amides is 2. The summed E-state index contributed by atoms with van der Waals surface area (Å²) in [5.74, 6) is 2.69. The van der Waals surface area contributed by atoms with E-state index in [1.807, 2.05) is 54.9 Å². The van der Waals surface area contributed by atoms with Crippen molar-refractivity contribution in [2.75, 3.05) is 17.2 Å². The van der Waals surface area contributed by atoms with Crippen molar-refractivity contribution in [3.8, 4) is 0 Å². The van der Waals surface area contributed by atoms with Gasteiger partial charge in [0.15, 0.2) is 0 Å². The largest absolute Gasteiger partial charge is 0.340 e. The zero-order valence-electron chi connectivity index (χ0n) is 14.9. The molecule has 7 nitrogen and oxygen atoms in total. The summed E-state index contributed by atoms with van der Waals surface area (Å²) in [6.45, 7) is 1.58. The number of hydrogen-bond donors (Lipinski definition) is 3. The Kier molecular flexibility index (Phi) is 5.00. The lowest BCUT2D eigenvalue weighted by Crippen LogP contribution is -2.36. The molecule has 3 aromatic rings. The van der Waals surface area contributed by atoms with Crippen LogP contribution in [0.15, 0.2) is 60.9 Å². The predicted molar refractivity (Wildman–Crippen MR) is 105 cm³/mol. The van der Waals surface area contributed by atoms with Crippen molar-refractivity contribution in [3.05, 3.63) is 66.7 Å². The van der Waals surface area contributed by atoms with Gasteiger partial charge >= 0.3 is 6.03 Å². The van der Waals surface area contributed by atoms with E-state index in [-0.39, 0.29) is 6.03 Å². The number of urea groups is 1. The molecule has 2 aromatic heterocycles. The summed E-state index contributed by atoms with van der Waals surface area (Å²) in [6.07, 6.45) is 5.77. The number of aromatic nitrogens is 3. The lowest BCUT2D eigenvalue weighted by atomic mass is 9.98. The van der Waals surface area contributed by atoms with E-state index in [0.717, 1.165) is 30.9 Å². The van der Waals surface area contributed by atoms with Crippen molar-refractivity contribution in [1.82, 2.24) is 19.9 Å². The minimum Gasteiger partial charge on any atom is -0.340 e. The fourth-order valence-corrected chi connectivity index (χ4v) is 3.23. The molecule has 0 saturated heterocycles. The van der Waals surface area contributed by atoms with E-state index in [1.165, 1.54) is 0 Å². The molecule has 0 bridgehead atoms. The molecule has 0 saturated carbocycles. The highest BCUT2D eigenvalue weighted by atomic mass is 16.2. The van der Waals surface area contributed by atoms with E-state index in [9.17, 15) is 4.79 Å². The fraction of sp³-hybridized carbons (Fsp3) is 0.250. The van der Waals surface area contributed by atoms with E-state index in [2.05, 4.69) is 30.5 Å². The monoisotopic (exact) mass is 362 g/mol. The van der Waals surface area contributed by atoms with Gasteiger partial charge in [0.05, 0.1) is 0 Å². The van der Waals surface area contributed by atoms with Gasteiger partial charge in [0.2, 0.25) is 0 Å². The molecule has 2 amide bonds. The molecule has 1 atom stereocenters. The lowest BCUT2D eigenvalue weighted by Gasteiger charge is -2.23. The molecular formula is C20H22N6O. The van der Waals surface area contributed by atoms with Crippen molar-refractivity contribution in [1.29, 1.82) is 0 Å². The predicted octanol–water partition coefficient (Wildman–Crippen LogP) is 3.41. The van der Waals surface area contributed by atoms with E-state index >= 15 is 0 Å². The van der Waals surface area contributed by atoms with Crippen molar-refractivity contribution < 1.29 is 4.79 Å². The molecule has 4 rings (SSSR count). The van der Waals surface area contributed by atoms with Gasteiger partial charge in [-0.25, -0.2) is 14.8 Å². The topological polar surface area (TPSA) is 83.9 Å². The summed E-state index contributed by atoms with van der Waals surface area (Å²) in [4.78, 5) is 21.0. The van der Waals surface area contributed by atoms with Gasteiger partial charge in [0, 0.05) is 37.6 Å². The second kappa shape index (κ2) is 7.90. The van der Waals surface area contributed by atoms with Gasteiger partial charge in [-0.05, 0) is 36.6 Å². The normalized spacial score (nSPS) is 15.6. The summed E-state index contributed by atoms with van der Waals surface area (Å²) in [5.41, 5.74) is 0.947. The van der Waals surface area contributed by atoms with Crippen LogP contribution in [0, 0.1) is 5.92 Å². The number of pyridine rings is 1. The molecule has 1 unspecified atom stereocenters. The average Bonchev–Trinajstić information content (AvgIpc) is 3.15. The molecule has 0 spiro atoms. The van der Waals surface area contributed by atoms with E-state index in [1.54, 1.807) is 6.07 Å². The summed E-state index contributed by atoms with van der Waals surface area (Å²) < 4.78 is 2.17. The standard InChI is InChI=1S/C20H22N6O/c27-20(22-14-15-9-11-26-12-10-21-19(26)13-15)25-18-8-4-7-17(24-18)23-16-5-2-1-3-6-16/h1-8,10,12,15H,9,11,13-14H2,(H3,22,23,24,25,27). The number of benzene rings is 1. The van der Waals surface area contributed by atoms with E-state index in [4.69, 9.17) is 0 Å². The number of nitrogens with one attached hydrogen (secondary N) is 3.